The number of carbonyl (C=O) groups is 2. The number of piperidine rings is 1. The second-order valence-electron chi connectivity index (χ2n) is 9.12. The summed E-state index contributed by atoms with van der Waals surface area (Å²) in [6, 6.07) is 14.0. The molecule has 2 fully saturated rings. The van der Waals surface area contributed by atoms with Crippen LogP contribution in [-0.4, -0.2) is 42.2 Å². The number of benzene rings is 2. The summed E-state index contributed by atoms with van der Waals surface area (Å²) in [6.07, 6.45) is 2.33. The van der Waals surface area contributed by atoms with Gasteiger partial charge in [0.2, 0.25) is 10.8 Å². The molecule has 0 aromatic heterocycles. The molecular weight excluding hydrogens is 406 g/mol. The van der Waals surface area contributed by atoms with Crippen molar-refractivity contribution in [2.75, 3.05) is 35.3 Å². The molecule has 162 valence electrons. The first-order valence-corrected chi connectivity index (χ1v) is 12.1. The Balaban J connectivity index is 1.57. The van der Waals surface area contributed by atoms with Crippen molar-refractivity contribution in [3.8, 4) is 0 Å². The molecule has 2 saturated heterocycles. The van der Waals surface area contributed by atoms with E-state index < -0.39 is 4.87 Å². The van der Waals surface area contributed by atoms with Gasteiger partial charge in [-0.3, -0.25) is 24.3 Å². The van der Waals surface area contributed by atoms with E-state index in [9.17, 15) is 9.59 Å². The molecule has 0 saturated carbocycles. The molecule has 2 aromatic rings. The van der Waals surface area contributed by atoms with E-state index in [0.29, 0.717) is 12.4 Å². The number of hydrogen-bond donors (Lipinski definition) is 0. The van der Waals surface area contributed by atoms with Crippen LogP contribution in [-0.2, 0) is 14.5 Å². The molecule has 0 radical (unpaired) electrons. The zero-order valence-electron chi connectivity index (χ0n) is 18.4. The van der Waals surface area contributed by atoms with Crippen LogP contribution in [0.4, 0.5) is 11.4 Å². The van der Waals surface area contributed by atoms with Crippen molar-refractivity contribution >= 4 is 35.0 Å². The molecule has 2 aromatic carbocycles. The van der Waals surface area contributed by atoms with Crippen molar-refractivity contribution in [1.82, 2.24) is 4.90 Å². The van der Waals surface area contributed by atoms with Gasteiger partial charge in [-0.15, -0.1) is 11.8 Å². The third-order valence-electron chi connectivity index (χ3n) is 7.03. The van der Waals surface area contributed by atoms with Crippen LogP contribution in [0.5, 0.6) is 0 Å². The minimum absolute atomic E-state index is 0.00130. The van der Waals surface area contributed by atoms with Gasteiger partial charge in [-0.05, 0) is 61.9 Å². The molecular formula is C25H29N3O2S. The number of aryl methyl sites for hydroxylation is 2. The maximum Gasteiger partial charge on any atom is 0.269 e. The zero-order valence-corrected chi connectivity index (χ0v) is 19.2. The van der Waals surface area contributed by atoms with Crippen LogP contribution in [0.2, 0.25) is 0 Å². The number of amides is 2. The molecule has 6 heteroatoms. The number of likely N-dealkylation sites (tertiary alicyclic amines) is 1. The Hall–Kier alpha value is -2.31. The first-order valence-electron chi connectivity index (χ1n) is 11.1. The lowest BCUT2D eigenvalue weighted by Crippen LogP contribution is -2.52. The average Bonchev–Trinajstić information content (AvgIpc) is 3.23. The first-order chi connectivity index (χ1) is 14.9. The SMILES string of the molecule is Cc1ccc(N2C(=O)CS[C@@]23C(=O)N(CN2CCC(C)CC2)c2ccccc23)cc1C. The van der Waals surface area contributed by atoms with Crippen molar-refractivity contribution in [3.05, 3.63) is 59.2 Å². The third kappa shape index (κ3) is 3.19. The summed E-state index contributed by atoms with van der Waals surface area (Å²) in [7, 11) is 0. The van der Waals surface area contributed by atoms with E-state index in [1.54, 1.807) is 4.90 Å². The fourth-order valence-corrected chi connectivity index (χ4v) is 6.32. The molecule has 0 N–H and O–H groups in total. The molecule has 0 unspecified atom stereocenters. The molecule has 3 aliphatic rings. The van der Waals surface area contributed by atoms with Gasteiger partial charge in [0.25, 0.3) is 5.91 Å². The lowest BCUT2D eigenvalue weighted by Gasteiger charge is -2.36. The smallest absolute Gasteiger partial charge is 0.269 e. The number of carbonyl (C=O) groups excluding carboxylic acids is 2. The van der Waals surface area contributed by atoms with E-state index in [-0.39, 0.29) is 11.8 Å². The van der Waals surface area contributed by atoms with Crippen LogP contribution in [0.25, 0.3) is 0 Å². The highest BCUT2D eigenvalue weighted by Gasteiger charge is 2.61. The van der Waals surface area contributed by atoms with Gasteiger partial charge in [0.15, 0.2) is 0 Å². The number of para-hydroxylation sites is 1. The van der Waals surface area contributed by atoms with Crippen molar-refractivity contribution in [3.63, 3.8) is 0 Å². The molecule has 0 aliphatic carbocycles. The summed E-state index contributed by atoms with van der Waals surface area (Å²) in [5.74, 6) is 1.04. The van der Waals surface area contributed by atoms with Crippen LogP contribution in [0.3, 0.4) is 0 Å². The van der Waals surface area contributed by atoms with Crippen molar-refractivity contribution < 1.29 is 9.59 Å². The van der Waals surface area contributed by atoms with Gasteiger partial charge in [-0.1, -0.05) is 31.2 Å². The van der Waals surface area contributed by atoms with Gasteiger partial charge in [0.05, 0.1) is 18.1 Å². The quantitative estimate of drug-likeness (QED) is 0.722. The van der Waals surface area contributed by atoms with Crippen LogP contribution >= 0.6 is 11.8 Å². The first kappa shape index (κ1) is 20.6. The summed E-state index contributed by atoms with van der Waals surface area (Å²) in [5, 5.41) is 0. The Morgan fingerprint density at radius 1 is 1.03 bits per heavy atom. The predicted molar refractivity (Wildman–Crippen MR) is 126 cm³/mol. The van der Waals surface area contributed by atoms with E-state index in [0.717, 1.165) is 54.4 Å². The molecule has 1 spiro atoms. The van der Waals surface area contributed by atoms with Crippen LogP contribution in [0, 0.1) is 19.8 Å². The van der Waals surface area contributed by atoms with Crippen LogP contribution in [0.15, 0.2) is 42.5 Å². The second-order valence-corrected chi connectivity index (χ2v) is 10.3. The number of thioether (sulfide) groups is 1. The highest BCUT2D eigenvalue weighted by atomic mass is 32.2. The van der Waals surface area contributed by atoms with Gasteiger partial charge in [-0.25, -0.2) is 0 Å². The molecule has 5 rings (SSSR count). The summed E-state index contributed by atoms with van der Waals surface area (Å²) in [5.41, 5.74) is 4.96. The van der Waals surface area contributed by atoms with E-state index in [1.165, 1.54) is 17.3 Å². The zero-order chi connectivity index (χ0) is 21.8. The minimum atomic E-state index is -1.02. The number of fused-ring (bicyclic) bond motifs is 2. The molecule has 3 aliphatic heterocycles. The summed E-state index contributed by atoms with van der Waals surface area (Å²) < 4.78 is 0. The van der Waals surface area contributed by atoms with Crippen molar-refractivity contribution in [2.45, 2.75) is 38.5 Å². The molecule has 1 atom stereocenters. The second kappa shape index (κ2) is 7.68. The third-order valence-corrected chi connectivity index (χ3v) is 8.42. The Bertz CT molecular complexity index is 1050. The van der Waals surface area contributed by atoms with Gasteiger partial charge in [0, 0.05) is 24.3 Å². The van der Waals surface area contributed by atoms with E-state index >= 15 is 0 Å². The maximum absolute atomic E-state index is 14.1. The van der Waals surface area contributed by atoms with Crippen molar-refractivity contribution in [1.29, 1.82) is 0 Å². The van der Waals surface area contributed by atoms with E-state index in [1.807, 2.05) is 54.3 Å². The van der Waals surface area contributed by atoms with Crippen molar-refractivity contribution in [2.24, 2.45) is 5.92 Å². The lowest BCUT2D eigenvalue weighted by molar-refractivity contribution is -0.124. The largest absolute Gasteiger partial charge is 0.295 e. The average molecular weight is 436 g/mol. The number of anilines is 2. The number of nitrogens with zero attached hydrogens (tertiary/aromatic N) is 3. The van der Waals surface area contributed by atoms with Crippen LogP contribution in [0.1, 0.15) is 36.5 Å². The Labute approximate surface area is 188 Å². The summed E-state index contributed by atoms with van der Waals surface area (Å²) >= 11 is 1.46. The van der Waals surface area contributed by atoms with E-state index in [4.69, 9.17) is 0 Å². The highest BCUT2D eigenvalue weighted by molar-refractivity contribution is 8.02. The lowest BCUT2D eigenvalue weighted by atomic mass is 10.00. The Morgan fingerprint density at radius 3 is 2.52 bits per heavy atom. The standard InChI is InChI=1S/C25H29N3O2S/c1-17-10-12-26(13-11-17)16-27-22-7-5-4-6-21(22)25(24(27)30)28(23(29)15-31-25)20-9-8-18(2)19(3)14-20/h4-9,14,17H,10-13,15-16H2,1-3H3/t25-/m0/s1. The maximum atomic E-state index is 14.1. The van der Waals surface area contributed by atoms with Crippen LogP contribution < -0.4 is 9.80 Å². The number of rotatable bonds is 3. The molecule has 3 heterocycles. The van der Waals surface area contributed by atoms with E-state index in [2.05, 4.69) is 18.7 Å². The fourth-order valence-electron chi connectivity index (χ4n) is 4.96. The Morgan fingerprint density at radius 2 is 1.77 bits per heavy atom. The molecule has 2 amide bonds. The topological polar surface area (TPSA) is 43.9 Å². The van der Waals surface area contributed by atoms with Gasteiger partial charge >= 0.3 is 0 Å². The predicted octanol–water partition coefficient (Wildman–Crippen LogP) is 4.27. The number of hydrogen-bond acceptors (Lipinski definition) is 4. The van der Waals surface area contributed by atoms with Gasteiger partial charge < -0.3 is 0 Å². The Kier molecular flexibility index (Phi) is 5.10. The fraction of sp³-hybridized carbons (Fsp3) is 0.440. The normalized spacial score (nSPS) is 24.5. The summed E-state index contributed by atoms with van der Waals surface area (Å²) in [6.45, 7) is 9.00. The monoisotopic (exact) mass is 435 g/mol. The van der Waals surface area contributed by atoms with Gasteiger partial charge in [-0.2, -0.15) is 0 Å². The summed E-state index contributed by atoms with van der Waals surface area (Å²) in [4.78, 5) is 32.3. The highest BCUT2D eigenvalue weighted by Crippen LogP contribution is 2.55. The minimum Gasteiger partial charge on any atom is -0.295 e. The molecule has 31 heavy (non-hydrogen) atoms. The van der Waals surface area contributed by atoms with Gasteiger partial charge in [0.1, 0.15) is 0 Å². The molecule has 0 bridgehead atoms. The molecule has 5 nitrogen and oxygen atoms in total.